The number of nitrogens with two attached hydrogens (primary N) is 1. The summed E-state index contributed by atoms with van der Waals surface area (Å²) >= 11 is 0. The van der Waals surface area contributed by atoms with Crippen LogP contribution in [-0.2, 0) is 20.0 Å². The van der Waals surface area contributed by atoms with Crippen LogP contribution >= 0.6 is 0 Å². The number of aryl methyl sites for hydroxylation is 1. The smallest absolute Gasteiger partial charge is 0.102 e. The van der Waals surface area contributed by atoms with Crippen LogP contribution in [-0.4, -0.2) is 27.6 Å². The molecule has 3 rings (SSSR count). The van der Waals surface area contributed by atoms with Gasteiger partial charge in [-0.1, -0.05) is 18.2 Å². The lowest BCUT2D eigenvalue weighted by Gasteiger charge is -2.34. The van der Waals surface area contributed by atoms with Crippen molar-refractivity contribution in [2.24, 2.45) is 12.8 Å². The second kappa shape index (κ2) is 4.42. The first-order valence-corrected chi connectivity index (χ1v) is 6.16. The van der Waals surface area contributed by atoms with E-state index in [2.05, 4.69) is 39.4 Å². The third-order valence-corrected chi connectivity index (χ3v) is 3.27. The Morgan fingerprint density at radius 2 is 2.22 bits per heavy atom. The molecule has 18 heavy (non-hydrogen) atoms. The van der Waals surface area contributed by atoms with Gasteiger partial charge in [0.05, 0.1) is 12.7 Å². The Labute approximate surface area is 106 Å². The van der Waals surface area contributed by atoms with E-state index in [4.69, 9.17) is 5.73 Å². The van der Waals surface area contributed by atoms with Crippen LogP contribution in [0.3, 0.4) is 0 Å². The van der Waals surface area contributed by atoms with Gasteiger partial charge in [0.2, 0.25) is 0 Å². The van der Waals surface area contributed by atoms with Crippen molar-refractivity contribution in [3.05, 3.63) is 41.7 Å². The third kappa shape index (κ3) is 2.09. The Morgan fingerprint density at radius 3 is 3.00 bits per heavy atom. The summed E-state index contributed by atoms with van der Waals surface area (Å²) in [5.41, 5.74) is 9.68. The van der Waals surface area contributed by atoms with Crippen molar-refractivity contribution in [2.45, 2.75) is 19.0 Å². The summed E-state index contributed by atoms with van der Waals surface area (Å²) in [5, 5.41) is 8.43. The molecule has 2 heterocycles. The van der Waals surface area contributed by atoms with Crippen LogP contribution in [0.1, 0.15) is 11.3 Å². The van der Waals surface area contributed by atoms with Crippen molar-refractivity contribution in [3.8, 4) is 0 Å². The van der Waals surface area contributed by atoms with Gasteiger partial charge in [0.15, 0.2) is 0 Å². The number of hydrogen-bond donors (Lipinski definition) is 1. The van der Waals surface area contributed by atoms with Crippen LogP contribution < -0.4 is 10.6 Å². The Morgan fingerprint density at radius 1 is 1.39 bits per heavy atom. The molecule has 0 saturated heterocycles. The molecule has 0 saturated carbocycles. The molecule has 0 amide bonds. The van der Waals surface area contributed by atoms with Crippen molar-refractivity contribution in [2.75, 3.05) is 11.4 Å². The summed E-state index contributed by atoms with van der Waals surface area (Å²) in [7, 11) is 1.83. The van der Waals surface area contributed by atoms with Crippen molar-refractivity contribution in [1.82, 2.24) is 15.0 Å². The zero-order valence-electron chi connectivity index (χ0n) is 10.5. The second-order valence-electron chi connectivity index (χ2n) is 4.80. The van der Waals surface area contributed by atoms with E-state index in [1.165, 1.54) is 11.3 Å². The fourth-order valence-electron chi connectivity index (χ4n) is 2.53. The quantitative estimate of drug-likeness (QED) is 0.843. The zero-order valence-corrected chi connectivity index (χ0v) is 10.5. The first-order valence-electron chi connectivity index (χ1n) is 6.16. The second-order valence-corrected chi connectivity index (χ2v) is 4.80. The molecule has 5 nitrogen and oxygen atoms in total. The fraction of sp³-hybridized carbons (Fsp3) is 0.385. The lowest BCUT2D eigenvalue weighted by molar-refractivity contribution is 0.588. The van der Waals surface area contributed by atoms with Crippen molar-refractivity contribution in [3.63, 3.8) is 0 Å². The highest BCUT2D eigenvalue weighted by molar-refractivity contribution is 5.56. The summed E-state index contributed by atoms with van der Waals surface area (Å²) in [6.45, 7) is 1.63. The topological polar surface area (TPSA) is 60.0 Å². The Balaban J connectivity index is 1.88. The number of rotatable bonds is 2. The molecule has 1 aromatic heterocycles. The molecule has 1 atom stereocenters. The highest BCUT2D eigenvalue weighted by atomic mass is 15.5. The first-order chi connectivity index (χ1) is 8.72. The van der Waals surface area contributed by atoms with E-state index in [1.807, 2.05) is 13.2 Å². The molecule has 1 aliphatic rings. The van der Waals surface area contributed by atoms with E-state index in [1.54, 1.807) is 4.80 Å². The first kappa shape index (κ1) is 11.2. The molecule has 0 fully saturated rings. The monoisotopic (exact) mass is 243 g/mol. The summed E-state index contributed by atoms with van der Waals surface area (Å²) < 4.78 is 0. The molecular formula is C13H17N5. The van der Waals surface area contributed by atoms with Crippen molar-refractivity contribution < 1.29 is 0 Å². The van der Waals surface area contributed by atoms with Gasteiger partial charge in [-0.05, 0) is 18.1 Å². The van der Waals surface area contributed by atoms with Gasteiger partial charge >= 0.3 is 0 Å². The van der Waals surface area contributed by atoms with Crippen molar-refractivity contribution >= 4 is 5.69 Å². The Kier molecular flexibility index (Phi) is 2.76. The van der Waals surface area contributed by atoms with Gasteiger partial charge in [-0.15, -0.1) is 0 Å². The minimum atomic E-state index is 0.191. The molecule has 5 heteroatoms. The molecule has 1 aliphatic heterocycles. The number of fused-ring (bicyclic) bond motifs is 1. The lowest BCUT2D eigenvalue weighted by Crippen LogP contribution is -2.42. The van der Waals surface area contributed by atoms with Gasteiger partial charge in [0.1, 0.15) is 5.69 Å². The van der Waals surface area contributed by atoms with E-state index in [9.17, 15) is 0 Å². The van der Waals surface area contributed by atoms with Gasteiger partial charge in [0.25, 0.3) is 0 Å². The number of aromatic nitrogens is 3. The molecule has 2 aromatic rings. The van der Waals surface area contributed by atoms with Crippen LogP contribution in [0.5, 0.6) is 0 Å². The third-order valence-electron chi connectivity index (χ3n) is 3.27. The number of hydrogen-bond acceptors (Lipinski definition) is 4. The van der Waals surface area contributed by atoms with Gasteiger partial charge in [-0.2, -0.15) is 15.0 Å². The highest BCUT2D eigenvalue weighted by Gasteiger charge is 2.22. The lowest BCUT2D eigenvalue weighted by atomic mass is 9.98. The summed E-state index contributed by atoms with van der Waals surface area (Å²) in [6.07, 6.45) is 2.76. The summed E-state index contributed by atoms with van der Waals surface area (Å²) in [6, 6.07) is 8.63. The molecular weight excluding hydrogens is 226 g/mol. The van der Waals surface area contributed by atoms with E-state index in [0.29, 0.717) is 0 Å². The predicted molar refractivity (Wildman–Crippen MR) is 70.2 cm³/mol. The van der Waals surface area contributed by atoms with Crippen LogP contribution in [0.15, 0.2) is 30.5 Å². The summed E-state index contributed by atoms with van der Waals surface area (Å²) in [4.78, 5) is 3.87. The van der Waals surface area contributed by atoms with Gasteiger partial charge < -0.3 is 10.6 Å². The van der Waals surface area contributed by atoms with E-state index >= 15 is 0 Å². The number of para-hydroxylation sites is 1. The van der Waals surface area contributed by atoms with E-state index < -0.39 is 0 Å². The maximum absolute atomic E-state index is 6.12. The standard InChI is InChI=1S/C13H17N5/c1-17-15-7-12(16-17)9-18-8-11(14)6-10-4-2-3-5-13(10)18/h2-5,7,11H,6,8-9,14H2,1H3. The molecule has 0 spiro atoms. The van der Waals surface area contributed by atoms with Crippen LogP contribution in [0.2, 0.25) is 0 Å². The number of benzene rings is 1. The number of anilines is 1. The van der Waals surface area contributed by atoms with Crippen molar-refractivity contribution in [1.29, 1.82) is 0 Å². The fourth-order valence-corrected chi connectivity index (χ4v) is 2.53. The molecule has 1 unspecified atom stereocenters. The average Bonchev–Trinajstić information content (AvgIpc) is 2.74. The minimum Gasteiger partial charge on any atom is -0.364 e. The average molecular weight is 243 g/mol. The van der Waals surface area contributed by atoms with Crippen LogP contribution in [0, 0.1) is 0 Å². The largest absolute Gasteiger partial charge is 0.364 e. The molecule has 0 bridgehead atoms. The van der Waals surface area contributed by atoms with E-state index in [0.717, 1.165) is 25.2 Å². The maximum Gasteiger partial charge on any atom is 0.102 e. The maximum atomic E-state index is 6.12. The Bertz CT molecular complexity index is 548. The number of nitrogens with zero attached hydrogens (tertiary/aromatic N) is 4. The molecule has 0 aliphatic carbocycles. The summed E-state index contributed by atoms with van der Waals surface area (Å²) in [5.74, 6) is 0. The molecule has 2 N–H and O–H groups in total. The van der Waals surface area contributed by atoms with E-state index in [-0.39, 0.29) is 6.04 Å². The van der Waals surface area contributed by atoms with Gasteiger partial charge in [0, 0.05) is 25.3 Å². The van der Waals surface area contributed by atoms with Crippen LogP contribution in [0.4, 0.5) is 5.69 Å². The Hall–Kier alpha value is -1.88. The van der Waals surface area contributed by atoms with Crippen LogP contribution in [0.25, 0.3) is 0 Å². The highest BCUT2D eigenvalue weighted by Crippen LogP contribution is 2.27. The SMILES string of the molecule is Cn1ncc(CN2CC(N)Cc3ccccc32)n1. The van der Waals surface area contributed by atoms with Gasteiger partial charge in [-0.25, -0.2) is 0 Å². The minimum absolute atomic E-state index is 0.191. The zero-order chi connectivity index (χ0) is 12.5. The molecule has 1 aromatic carbocycles. The molecule has 94 valence electrons. The van der Waals surface area contributed by atoms with Gasteiger partial charge in [-0.3, -0.25) is 0 Å². The molecule has 0 radical (unpaired) electrons. The normalized spacial score (nSPS) is 18.8. The predicted octanol–water partition coefficient (Wildman–Crippen LogP) is 0.705.